The van der Waals surface area contributed by atoms with Gasteiger partial charge in [0, 0.05) is 18.1 Å². The van der Waals surface area contributed by atoms with Gasteiger partial charge in [-0.2, -0.15) is 18.4 Å². The van der Waals surface area contributed by atoms with Crippen LogP contribution in [0.25, 0.3) is 0 Å². The molecule has 2 N–H and O–H groups in total. The Labute approximate surface area is 169 Å². The lowest BCUT2D eigenvalue weighted by molar-refractivity contribution is -0.141. The van der Waals surface area contributed by atoms with Crippen LogP contribution >= 0.6 is 11.8 Å². The van der Waals surface area contributed by atoms with E-state index >= 15 is 0 Å². The van der Waals surface area contributed by atoms with E-state index in [-0.39, 0.29) is 17.2 Å². The lowest BCUT2D eigenvalue weighted by Gasteiger charge is -2.14. The number of carbonyl (C=O) groups is 1. The summed E-state index contributed by atoms with van der Waals surface area (Å²) in [5.74, 6) is -0.0251. The number of halogens is 3. The molecule has 1 aliphatic rings. The number of nitriles is 1. The van der Waals surface area contributed by atoms with Crippen molar-refractivity contribution in [1.29, 1.82) is 5.26 Å². The molecule has 1 amide bonds. The summed E-state index contributed by atoms with van der Waals surface area (Å²) in [7, 11) is 1.45. The molecule has 2 aromatic rings. The molecule has 1 aliphatic carbocycles. The Hall–Kier alpha value is -2.87. The number of anilines is 2. The van der Waals surface area contributed by atoms with Crippen molar-refractivity contribution in [2.24, 2.45) is 0 Å². The number of nitrogens with zero attached hydrogens (tertiary/aromatic N) is 4. The maximum atomic E-state index is 12.9. The Morgan fingerprint density at radius 3 is 2.62 bits per heavy atom. The first-order chi connectivity index (χ1) is 13.7. The first-order valence-electron chi connectivity index (χ1n) is 8.72. The third kappa shape index (κ3) is 4.27. The van der Waals surface area contributed by atoms with Gasteiger partial charge in [-0.1, -0.05) is 6.92 Å². The standard InChI is InChI=1S/C18H17F3N6OS/c1-3-29-12-6-10(17(9-22)4-5-17)8-24-14(12)16(28)25-11-7-13(18(19,20)21)26-27-15(11)23-2/h6-8H,3-5H2,1-2H3,(H,23,27)(H,25,26,28). The number of rotatable bonds is 6. The van der Waals surface area contributed by atoms with Crippen molar-refractivity contribution in [3.8, 4) is 6.07 Å². The van der Waals surface area contributed by atoms with Gasteiger partial charge in [-0.3, -0.25) is 4.79 Å². The Kier molecular flexibility index (Phi) is 5.66. The van der Waals surface area contributed by atoms with E-state index in [1.807, 2.05) is 6.92 Å². The maximum absolute atomic E-state index is 12.9. The molecular formula is C18H17F3N6OS. The first kappa shape index (κ1) is 20.9. The molecule has 7 nitrogen and oxygen atoms in total. The summed E-state index contributed by atoms with van der Waals surface area (Å²) in [4.78, 5) is 17.6. The van der Waals surface area contributed by atoms with Gasteiger partial charge in [0.25, 0.3) is 5.91 Å². The lowest BCUT2D eigenvalue weighted by Crippen LogP contribution is -2.19. The first-order valence-corrected chi connectivity index (χ1v) is 9.71. The van der Waals surface area contributed by atoms with Crippen LogP contribution < -0.4 is 10.6 Å². The van der Waals surface area contributed by atoms with Gasteiger partial charge in [0.1, 0.15) is 5.69 Å². The topological polar surface area (TPSA) is 104 Å². The van der Waals surface area contributed by atoms with Crippen LogP contribution in [0, 0.1) is 11.3 Å². The third-order valence-electron chi connectivity index (χ3n) is 4.45. The van der Waals surface area contributed by atoms with Crippen molar-refractivity contribution in [2.75, 3.05) is 23.4 Å². The highest BCUT2D eigenvalue weighted by molar-refractivity contribution is 7.99. The summed E-state index contributed by atoms with van der Waals surface area (Å²) >= 11 is 1.37. The molecule has 0 aliphatic heterocycles. The molecule has 0 atom stereocenters. The molecule has 0 radical (unpaired) electrons. The molecule has 29 heavy (non-hydrogen) atoms. The van der Waals surface area contributed by atoms with Gasteiger partial charge in [0.15, 0.2) is 11.5 Å². The zero-order chi connectivity index (χ0) is 21.2. The van der Waals surface area contributed by atoms with Gasteiger partial charge in [0.05, 0.1) is 17.2 Å². The Morgan fingerprint density at radius 1 is 1.34 bits per heavy atom. The number of carbonyl (C=O) groups excluding carboxylic acids is 1. The Bertz CT molecular complexity index is 985. The number of thioether (sulfide) groups is 1. The van der Waals surface area contributed by atoms with Crippen LogP contribution in [0.2, 0.25) is 0 Å². The second-order valence-corrected chi connectivity index (χ2v) is 7.70. The molecule has 152 valence electrons. The van der Waals surface area contributed by atoms with Gasteiger partial charge >= 0.3 is 6.18 Å². The number of pyridine rings is 1. The average Bonchev–Trinajstić information content (AvgIpc) is 3.48. The minimum Gasteiger partial charge on any atom is -0.370 e. The van der Waals surface area contributed by atoms with E-state index in [9.17, 15) is 23.2 Å². The molecule has 0 saturated heterocycles. The van der Waals surface area contributed by atoms with E-state index in [0.717, 1.165) is 18.4 Å². The molecule has 0 unspecified atom stereocenters. The van der Waals surface area contributed by atoms with Crippen LogP contribution in [0.1, 0.15) is 41.5 Å². The van der Waals surface area contributed by atoms with Crippen molar-refractivity contribution < 1.29 is 18.0 Å². The van der Waals surface area contributed by atoms with Crippen LogP contribution in [-0.2, 0) is 11.6 Å². The normalized spacial score (nSPS) is 14.8. The minimum absolute atomic E-state index is 0.00548. The van der Waals surface area contributed by atoms with Gasteiger partial charge in [-0.25, -0.2) is 4.98 Å². The fourth-order valence-corrected chi connectivity index (χ4v) is 3.53. The van der Waals surface area contributed by atoms with Gasteiger partial charge in [0.2, 0.25) is 0 Å². The molecule has 1 fully saturated rings. The molecule has 1 saturated carbocycles. The van der Waals surface area contributed by atoms with Crippen molar-refractivity contribution >= 4 is 29.2 Å². The fourth-order valence-electron chi connectivity index (χ4n) is 2.72. The molecule has 2 heterocycles. The van der Waals surface area contributed by atoms with E-state index in [4.69, 9.17) is 0 Å². The molecular weight excluding hydrogens is 405 g/mol. The summed E-state index contributed by atoms with van der Waals surface area (Å²) in [6.07, 6.45) is -1.74. The Morgan fingerprint density at radius 2 is 2.07 bits per heavy atom. The van der Waals surface area contributed by atoms with Crippen LogP contribution in [0.4, 0.5) is 24.7 Å². The highest BCUT2D eigenvalue weighted by Crippen LogP contribution is 2.48. The molecule has 2 aromatic heterocycles. The maximum Gasteiger partial charge on any atom is 0.435 e. The number of amides is 1. The molecule has 3 rings (SSSR count). The summed E-state index contributed by atoms with van der Waals surface area (Å²) in [5, 5.41) is 21.0. The predicted molar refractivity (Wildman–Crippen MR) is 102 cm³/mol. The number of hydrogen-bond acceptors (Lipinski definition) is 7. The number of hydrogen-bond donors (Lipinski definition) is 2. The summed E-state index contributed by atoms with van der Waals surface area (Å²) in [5.41, 5.74) is -1.12. The highest BCUT2D eigenvalue weighted by Gasteiger charge is 2.45. The second-order valence-electron chi connectivity index (χ2n) is 6.39. The Balaban J connectivity index is 1.94. The summed E-state index contributed by atoms with van der Waals surface area (Å²) in [6.45, 7) is 1.90. The van der Waals surface area contributed by atoms with Crippen LogP contribution in [0.3, 0.4) is 0 Å². The summed E-state index contributed by atoms with van der Waals surface area (Å²) < 4.78 is 38.8. The van der Waals surface area contributed by atoms with Gasteiger partial charge in [-0.05, 0) is 36.3 Å². The van der Waals surface area contributed by atoms with E-state index in [0.29, 0.717) is 16.7 Å². The van der Waals surface area contributed by atoms with Crippen molar-refractivity contribution in [1.82, 2.24) is 15.2 Å². The van der Waals surface area contributed by atoms with Crippen molar-refractivity contribution in [3.63, 3.8) is 0 Å². The average molecular weight is 422 g/mol. The SMILES string of the molecule is CCSc1cc(C2(C#N)CC2)cnc1C(=O)Nc1cc(C(F)(F)F)nnc1NC. The van der Waals surface area contributed by atoms with Gasteiger partial charge in [-0.15, -0.1) is 22.0 Å². The lowest BCUT2D eigenvalue weighted by atomic mass is 9.99. The molecule has 11 heteroatoms. The van der Waals surface area contributed by atoms with Crippen LogP contribution in [0.15, 0.2) is 23.2 Å². The third-order valence-corrected chi connectivity index (χ3v) is 5.36. The monoisotopic (exact) mass is 422 g/mol. The van der Waals surface area contributed by atoms with E-state index in [2.05, 4.69) is 31.9 Å². The van der Waals surface area contributed by atoms with Crippen LogP contribution in [0.5, 0.6) is 0 Å². The zero-order valence-electron chi connectivity index (χ0n) is 15.6. The fraction of sp³-hybridized carbons (Fsp3) is 0.389. The number of aromatic nitrogens is 3. The zero-order valence-corrected chi connectivity index (χ0v) is 16.4. The molecule has 0 spiro atoms. The number of alkyl halides is 3. The largest absolute Gasteiger partial charge is 0.435 e. The van der Waals surface area contributed by atoms with Crippen molar-refractivity contribution in [2.45, 2.75) is 36.3 Å². The van der Waals surface area contributed by atoms with Crippen molar-refractivity contribution in [3.05, 3.63) is 35.3 Å². The van der Waals surface area contributed by atoms with E-state index < -0.39 is 23.2 Å². The minimum atomic E-state index is -4.70. The smallest absolute Gasteiger partial charge is 0.370 e. The van der Waals surface area contributed by atoms with E-state index in [1.165, 1.54) is 25.0 Å². The van der Waals surface area contributed by atoms with E-state index in [1.54, 1.807) is 6.07 Å². The van der Waals surface area contributed by atoms with Gasteiger partial charge < -0.3 is 10.6 Å². The molecule has 0 aromatic carbocycles. The highest BCUT2D eigenvalue weighted by atomic mass is 32.2. The quantitative estimate of drug-likeness (QED) is 0.682. The predicted octanol–water partition coefficient (Wildman–Crippen LogP) is 3.85. The van der Waals surface area contributed by atoms with Crippen LogP contribution in [-0.4, -0.2) is 33.9 Å². The number of nitrogens with one attached hydrogen (secondary N) is 2. The summed E-state index contributed by atoms with van der Waals surface area (Å²) in [6, 6.07) is 4.76. The molecule has 0 bridgehead atoms. The second kappa shape index (κ2) is 7.87.